The van der Waals surface area contributed by atoms with Gasteiger partial charge in [0, 0.05) is 43.0 Å². The summed E-state index contributed by atoms with van der Waals surface area (Å²) in [6.45, 7) is 7.73. The highest BCUT2D eigenvalue weighted by Gasteiger charge is 2.31. The number of aromatic nitrogens is 2. The first-order valence-electron chi connectivity index (χ1n) is 7.80. The third-order valence-electron chi connectivity index (χ3n) is 3.93. The summed E-state index contributed by atoms with van der Waals surface area (Å²) >= 11 is 2.07. The van der Waals surface area contributed by atoms with Crippen LogP contribution in [-0.2, 0) is 6.54 Å². The molecule has 114 valence electrons. The van der Waals surface area contributed by atoms with Crippen molar-refractivity contribution in [2.24, 2.45) is 0 Å². The quantitative estimate of drug-likeness (QED) is 0.837. The maximum absolute atomic E-state index is 4.66. The van der Waals surface area contributed by atoms with Crippen LogP contribution in [0.5, 0.6) is 0 Å². The minimum atomic E-state index is 0.342. The third-order valence-corrected chi connectivity index (χ3v) is 4.98. The minimum Gasteiger partial charge on any atom is -0.334 e. The van der Waals surface area contributed by atoms with E-state index in [9.17, 15) is 0 Å². The van der Waals surface area contributed by atoms with Gasteiger partial charge >= 0.3 is 0 Å². The van der Waals surface area contributed by atoms with Crippen LogP contribution in [0.1, 0.15) is 38.6 Å². The molecule has 4 nitrogen and oxygen atoms in total. The van der Waals surface area contributed by atoms with Crippen molar-refractivity contribution >= 4 is 11.8 Å². The summed E-state index contributed by atoms with van der Waals surface area (Å²) < 4.78 is 2.32. The first-order valence-corrected chi connectivity index (χ1v) is 8.95. The van der Waals surface area contributed by atoms with E-state index in [1.807, 2.05) is 6.20 Å². The van der Waals surface area contributed by atoms with Gasteiger partial charge in [0.05, 0.1) is 6.04 Å². The lowest BCUT2D eigenvalue weighted by atomic mass is 10.1. The number of aryl methyl sites for hydroxylation is 1. The van der Waals surface area contributed by atoms with E-state index in [1.165, 1.54) is 23.9 Å². The molecule has 2 heterocycles. The molecule has 2 unspecified atom stereocenters. The number of nitrogens with one attached hydrogen (secondary N) is 1. The number of hydrogen-bond donors (Lipinski definition) is 1. The highest BCUT2D eigenvalue weighted by molar-refractivity contribution is 7.99. The lowest BCUT2D eigenvalue weighted by Crippen LogP contribution is -2.48. The minimum absolute atomic E-state index is 0.342. The molecule has 0 saturated carbocycles. The van der Waals surface area contributed by atoms with Crippen molar-refractivity contribution in [2.75, 3.05) is 31.6 Å². The van der Waals surface area contributed by atoms with Gasteiger partial charge in [0.2, 0.25) is 0 Å². The van der Waals surface area contributed by atoms with Crippen LogP contribution in [0.4, 0.5) is 0 Å². The lowest BCUT2D eigenvalue weighted by Gasteiger charge is -2.38. The van der Waals surface area contributed by atoms with E-state index in [0.29, 0.717) is 12.1 Å². The Bertz CT molecular complexity index is 393. The van der Waals surface area contributed by atoms with Gasteiger partial charge < -0.3 is 9.88 Å². The van der Waals surface area contributed by atoms with E-state index in [4.69, 9.17) is 0 Å². The topological polar surface area (TPSA) is 33.1 Å². The predicted octanol–water partition coefficient (Wildman–Crippen LogP) is 2.38. The molecule has 0 spiro atoms. The van der Waals surface area contributed by atoms with E-state index in [1.54, 1.807) is 0 Å². The largest absolute Gasteiger partial charge is 0.334 e. The Labute approximate surface area is 127 Å². The van der Waals surface area contributed by atoms with E-state index < -0.39 is 0 Å². The van der Waals surface area contributed by atoms with E-state index >= 15 is 0 Å². The van der Waals surface area contributed by atoms with Crippen LogP contribution in [-0.4, -0.2) is 52.1 Å². The Kier molecular flexibility index (Phi) is 6.39. The first-order chi connectivity index (χ1) is 9.77. The second-order valence-electron chi connectivity index (χ2n) is 5.53. The zero-order valence-corrected chi connectivity index (χ0v) is 13.8. The monoisotopic (exact) mass is 296 g/mol. The van der Waals surface area contributed by atoms with Crippen molar-refractivity contribution < 1.29 is 0 Å². The Morgan fingerprint density at radius 1 is 1.45 bits per heavy atom. The van der Waals surface area contributed by atoms with Crippen LogP contribution >= 0.6 is 11.8 Å². The molecule has 5 heteroatoms. The van der Waals surface area contributed by atoms with Gasteiger partial charge in [-0.3, -0.25) is 4.90 Å². The van der Waals surface area contributed by atoms with Gasteiger partial charge in [-0.2, -0.15) is 11.8 Å². The summed E-state index contributed by atoms with van der Waals surface area (Å²) in [5.41, 5.74) is 0. The van der Waals surface area contributed by atoms with E-state index in [2.05, 4.69) is 58.6 Å². The van der Waals surface area contributed by atoms with Crippen molar-refractivity contribution in [2.45, 2.75) is 45.3 Å². The molecule has 0 radical (unpaired) electrons. The standard InChI is InChI=1S/C15H28N4S/c1-4-6-16-14(13-12-20-11-10-18(13)3)15-17-7-9-19(15)8-5-2/h7,9,13-14,16H,4-6,8,10-12H2,1-3H3. The number of nitrogens with zero attached hydrogens (tertiary/aromatic N) is 3. The Morgan fingerprint density at radius 2 is 2.30 bits per heavy atom. The molecular formula is C15H28N4S. The van der Waals surface area contributed by atoms with Gasteiger partial charge in [0.25, 0.3) is 0 Å². The zero-order valence-electron chi connectivity index (χ0n) is 13.0. The molecule has 20 heavy (non-hydrogen) atoms. The van der Waals surface area contributed by atoms with Gasteiger partial charge in [-0.15, -0.1) is 0 Å². The highest BCUT2D eigenvalue weighted by Crippen LogP contribution is 2.26. The zero-order chi connectivity index (χ0) is 14.4. The molecule has 1 aromatic rings. The maximum atomic E-state index is 4.66. The fourth-order valence-electron chi connectivity index (χ4n) is 2.79. The first kappa shape index (κ1) is 15.9. The molecule has 1 fully saturated rings. The number of hydrogen-bond acceptors (Lipinski definition) is 4. The van der Waals surface area contributed by atoms with Crippen molar-refractivity contribution in [3.8, 4) is 0 Å². The molecule has 1 saturated heterocycles. The summed E-state index contributed by atoms with van der Waals surface area (Å²) in [7, 11) is 2.25. The fraction of sp³-hybridized carbons (Fsp3) is 0.800. The van der Waals surface area contributed by atoms with Crippen LogP contribution < -0.4 is 5.32 Å². The van der Waals surface area contributed by atoms with Crippen LogP contribution in [0.3, 0.4) is 0 Å². The van der Waals surface area contributed by atoms with Crippen molar-refractivity contribution in [1.82, 2.24) is 19.8 Å². The Balaban J connectivity index is 2.19. The van der Waals surface area contributed by atoms with Crippen LogP contribution in [0.15, 0.2) is 12.4 Å². The molecule has 2 atom stereocenters. The van der Waals surface area contributed by atoms with Crippen LogP contribution in [0, 0.1) is 0 Å². The average molecular weight is 296 g/mol. The van der Waals surface area contributed by atoms with Gasteiger partial charge in [-0.05, 0) is 26.4 Å². The molecule has 1 aliphatic heterocycles. The van der Waals surface area contributed by atoms with E-state index in [0.717, 1.165) is 25.9 Å². The SMILES string of the molecule is CCCNC(c1nccn1CCC)C1CSCCN1C. The lowest BCUT2D eigenvalue weighted by molar-refractivity contribution is 0.208. The van der Waals surface area contributed by atoms with Crippen LogP contribution in [0.25, 0.3) is 0 Å². The molecule has 2 rings (SSSR count). The molecule has 0 aromatic carbocycles. The third kappa shape index (κ3) is 3.77. The van der Waals surface area contributed by atoms with Crippen LogP contribution in [0.2, 0.25) is 0 Å². The van der Waals surface area contributed by atoms with Gasteiger partial charge in [0.1, 0.15) is 5.82 Å². The Morgan fingerprint density at radius 3 is 3.00 bits per heavy atom. The second kappa shape index (κ2) is 8.05. The summed E-state index contributed by atoms with van der Waals surface area (Å²) in [5.74, 6) is 3.65. The normalized spacial score (nSPS) is 22.1. The van der Waals surface area contributed by atoms with Crippen molar-refractivity contribution in [1.29, 1.82) is 0 Å². The number of rotatable bonds is 7. The summed E-state index contributed by atoms with van der Waals surface area (Å²) in [5, 5.41) is 3.73. The number of likely N-dealkylation sites (N-methyl/N-ethyl adjacent to an activating group) is 1. The molecule has 1 aromatic heterocycles. The van der Waals surface area contributed by atoms with Gasteiger partial charge in [0.15, 0.2) is 0 Å². The summed E-state index contributed by atoms with van der Waals surface area (Å²) in [4.78, 5) is 7.16. The van der Waals surface area contributed by atoms with E-state index in [-0.39, 0.29) is 0 Å². The molecular weight excluding hydrogens is 268 g/mol. The summed E-state index contributed by atoms with van der Waals surface area (Å²) in [6, 6.07) is 0.882. The maximum Gasteiger partial charge on any atom is 0.127 e. The highest BCUT2D eigenvalue weighted by atomic mass is 32.2. The summed E-state index contributed by atoms with van der Waals surface area (Å²) in [6.07, 6.45) is 6.38. The molecule has 0 amide bonds. The smallest absolute Gasteiger partial charge is 0.127 e. The van der Waals surface area contributed by atoms with Crippen molar-refractivity contribution in [3.05, 3.63) is 18.2 Å². The molecule has 0 aliphatic carbocycles. The average Bonchev–Trinajstić information content (AvgIpc) is 2.90. The second-order valence-corrected chi connectivity index (χ2v) is 6.68. The fourth-order valence-corrected chi connectivity index (χ4v) is 4.06. The van der Waals surface area contributed by atoms with Crippen molar-refractivity contribution in [3.63, 3.8) is 0 Å². The predicted molar refractivity (Wildman–Crippen MR) is 87.3 cm³/mol. The molecule has 0 bridgehead atoms. The Hall–Kier alpha value is -0.520. The number of thioether (sulfide) groups is 1. The van der Waals surface area contributed by atoms with Gasteiger partial charge in [-0.25, -0.2) is 4.98 Å². The molecule has 1 N–H and O–H groups in total. The molecule has 1 aliphatic rings. The number of imidazole rings is 1. The van der Waals surface area contributed by atoms with Gasteiger partial charge in [-0.1, -0.05) is 13.8 Å².